The molecule has 0 radical (unpaired) electrons. The Morgan fingerprint density at radius 2 is 1.83 bits per heavy atom. The second-order valence-electron chi connectivity index (χ2n) is 9.28. The molecule has 2 atom stereocenters. The third-order valence-electron chi connectivity index (χ3n) is 6.84. The van der Waals surface area contributed by atoms with Crippen LogP contribution in [0.15, 0.2) is 28.8 Å². The van der Waals surface area contributed by atoms with E-state index in [4.69, 9.17) is 9.26 Å². The minimum Gasteiger partial charge on any atom is -0.406 e. The van der Waals surface area contributed by atoms with Crippen LogP contribution in [0.2, 0.25) is 0 Å². The lowest BCUT2D eigenvalue weighted by molar-refractivity contribution is -0.274. The number of halogens is 3. The standard InChI is InChI=1S/C24H32F3N5O4/c1-28-19-7-10-31(11-8-19)23(33)32-14-17(16-3-5-20(6-4-16)35-24(25,26)27)13-18(15-32)22-29-21(30-36-22)9-12-34-2/h3-6,17-19,28H,7-15H2,1-2H3. The van der Waals surface area contributed by atoms with Gasteiger partial charge in [-0.3, -0.25) is 0 Å². The first-order chi connectivity index (χ1) is 17.3. The normalized spacial score (nSPS) is 21.6. The van der Waals surface area contributed by atoms with Crippen LogP contribution in [0.5, 0.6) is 5.75 Å². The van der Waals surface area contributed by atoms with E-state index in [1.165, 1.54) is 12.1 Å². The van der Waals surface area contributed by atoms with E-state index in [1.807, 2.05) is 11.9 Å². The third kappa shape index (κ3) is 6.67. The monoisotopic (exact) mass is 511 g/mol. The number of amides is 2. The Labute approximate surface area is 207 Å². The molecule has 2 unspecified atom stereocenters. The first kappa shape index (κ1) is 26.2. The lowest BCUT2D eigenvalue weighted by Gasteiger charge is -2.41. The molecule has 2 aromatic rings. The van der Waals surface area contributed by atoms with Gasteiger partial charge in [0.1, 0.15) is 5.75 Å². The van der Waals surface area contributed by atoms with Gasteiger partial charge in [-0.15, -0.1) is 13.2 Å². The minimum atomic E-state index is -4.75. The van der Waals surface area contributed by atoms with Crippen molar-refractivity contribution in [3.05, 3.63) is 41.5 Å². The molecule has 36 heavy (non-hydrogen) atoms. The van der Waals surface area contributed by atoms with Crippen LogP contribution in [-0.2, 0) is 11.2 Å². The van der Waals surface area contributed by atoms with Crippen molar-refractivity contribution >= 4 is 6.03 Å². The molecule has 198 valence electrons. The Bertz CT molecular complexity index is 992. The summed E-state index contributed by atoms with van der Waals surface area (Å²) in [4.78, 5) is 21.7. The molecule has 12 heteroatoms. The molecular formula is C24H32F3N5O4. The Hall–Kier alpha value is -2.86. The summed E-state index contributed by atoms with van der Waals surface area (Å²) in [7, 11) is 3.53. The van der Waals surface area contributed by atoms with Crippen LogP contribution in [-0.4, -0.2) is 85.3 Å². The highest BCUT2D eigenvalue weighted by Crippen LogP contribution is 2.37. The number of piperidine rings is 2. The quantitative estimate of drug-likeness (QED) is 0.608. The molecule has 4 rings (SSSR count). The Kier molecular flexibility index (Phi) is 8.35. The number of ether oxygens (including phenoxy) is 2. The molecule has 2 fully saturated rings. The van der Waals surface area contributed by atoms with E-state index in [-0.39, 0.29) is 23.6 Å². The summed E-state index contributed by atoms with van der Waals surface area (Å²) >= 11 is 0. The van der Waals surface area contributed by atoms with Crippen molar-refractivity contribution in [3.63, 3.8) is 0 Å². The van der Waals surface area contributed by atoms with E-state index in [0.717, 1.165) is 18.4 Å². The molecule has 0 saturated carbocycles. The molecule has 1 aromatic carbocycles. The number of carbonyl (C=O) groups excluding carboxylic acids is 1. The second kappa shape index (κ2) is 11.5. The number of likely N-dealkylation sites (tertiary alicyclic amines) is 2. The average molecular weight is 512 g/mol. The number of nitrogens with zero attached hydrogens (tertiary/aromatic N) is 4. The van der Waals surface area contributed by atoms with E-state index in [1.54, 1.807) is 24.1 Å². The predicted octanol–water partition coefficient (Wildman–Crippen LogP) is 3.53. The smallest absolute Gasteiger partial charge is 0.406 e. The summed E-state index contributed by atoms with van der Waals surface area (Å²) in [6.45, 7) is 2.68. The van der Waals surface area contributed by atoms with Crippen LogP contribution < -0.4 is 10.1 Å². The maximum absolute atomic E-state index is 13.5. The van der Waals surface area contributed by atoms with Crippen molar-refractivity contribution in [1.82, 2.24) is 25.3 Å². The van der Waals surface area contributed by atoms with Gasteiger partial charge in [-0.1, -0.05) is 17.3 Å². The van der Waals surface area contributed by atoms with Crippen molar-refractivity contribution in [2.45, 2.75) is 49.9 Å². The molecule has 0 spiro atoms. The molecule has 2 aliphatic rings. The first-order valence-corrected chi connectivity index (χ1v) is 12.1. The molecule has 1 N–H and O–H groups in total. The first-order valence-electron chi connectivity index (χ1n) is 12.1. The van der Waals surface area contributed by atoms with Crippen molar-refractivity contribution in [2.24, 2.45) is 0 Å². The van der Waals surface area contributed by atoms with E-state index in [0.29, 0.717) is 63.4 Å². The summed E-state index contributed by atoms with van der Waals surface area (Å²) < 4.78 is 52.3. The van der Waals surface area contributed by atoms with Crippen LogP contribution in [0.3, 0.4) is 0 Å². The summed E-state index contributed by atoms with van der Waals surface area (Å²) in [5.41, 5.74) is 0.819. The highest BCUT2D eigenvalue weighted by atomic mass is 19.4. The largest absolute Gasteiger partial charge is 0.573 e. The highest BCUT2D eigenvalue weighted by molar-refractivity contribution is 5.75. The topological polar surface area (TPSA) is 93.0 Å². The molecule has 1 aromatic heterocycles. The maximum atomic E-state index is 13.5. The zero-order chi connectivity index (χ0) is 25.7. The number of methoxy groups -OCH3 is 1. The van der Waals surface area contributed by atoms with E-state index in [2.05, 4.69) is 20.2 Å². The van der Waals surface area contributed by atoms with Crippen LogP contribution >= 0.6 is 0 Å². The van der Waals surface area contributed by atoms with Gasteiger partial charge in [0.25, 0.3) is 0 Å². The van der Waals surface area contributed by atoms with Crippen LogP contribution in [0, 0.1) is 0 Å². The highest BCUT2D eigenvalue weighted by Gasteiger charge is 2.37. The number of carbonyl (C=O) groups is 1. The Morgan fingerprint density at radius 1 is 1.14 bits per heavy atom. The lowest BCUT2D eigenvalue weighted by atomic mass is 9.84. The van der Waals surface area contributed by atoms with Gasteiger partial charge >= 0.3 is 12.4 Å². The number of rotatable bonds is 7. The minimum absolute atomic E-state index is 0.0459. The molecular weight excluding hydrogens is 479 g/mol. The number of urea groups is 1. The van der Waals surface area contributed by atoms with Gasteiger partial charge in [0.2, 0.25) is 5.89 Å². The number of hydrogen-bond donors (Lipinski definition) is 1. The van der Waals surface area contributed by atoms with Crippen molar-refractivity contribution < 1.29 is 32.0 Å². The predicted molar refractivity (Wildman–Crippen MR) is 124 cm³/mol. The molecule has 2 saturated heterocycles. The summed E-state index contributed by atoms with van der Waals surface area (Å²) in [5, 5.41) is 7.31. The molecule has 3 heterocycles. The van der Waals surface area contributed by atoms with Gasteiger partial charge in [0.15, 0.2) is 5.82 Å². The van der Waals surface area contributed by atoms with Crippen LogP contribution in [0.1, 0.15) is 48.4 Å². The molecule has 0 aliphatic carbocycles. The van der Waals surface area contributed by atoms with Gasteiger partial charge in [-0.05, 0) is 44.0 Å². The number of benzene rings is 1. The van der Waals surface area contributed by atoms with Crippen molar-refractivity contribution in [2.75, 3.05) is 46.9 Å². The number of alkyl halides is 3. The summed E-state index contributed by atoms with van der Waals surface area (Å²) in [6, 6.07) is 6.19. The summed E-state index contributed by atoms with van der Waals surface area (Å²) in [6.07, 6.45) is -1.84. The molecule has 2 amide bonds. The number of nitrogens with one attached hydrogen (secondary N) is 1. The zero-order valence-corrected chi connectivity index (χ0v) is 20.5. The Balaban J connectivity index is 1.52. The van der Waals surface area contributed by atoms with Gasteiger partial charge in [0, 0.05) is 51.7 Å². The average Bonchev–Trinajstić information content (AvgIpc) is 3.35. The van der Waals surface area contributed by atoms with E-state index >= 15 is 0 Å². The van der Waals surface area contributed by atoms with Gasteiger partial charge in [0.05, 0.1) is 12.5 Å². The molecule has 2 aliphatic heterocycles. The van der Waals surface area contributed by atoms with Crippen molar-refractivity contribution in [3.8, 4) is 5.75 Å². The van der Waals surface area contributed by atoms with Gasteiger partial charge < -0.3 is 29.1 Å². The number of hydrogen-bond acceptors (Lipinski definition) is 7. The maximum Gasteiger partial charge on any atom is 0.573 e. The number of aromatic nitrogens is 2. The zero-order valence-electron chi connectivity index (χ0n) is 20.5. The third-order valence-corrected chi connectivity index (χ3v) is 6.84. The fraction of sp³-hybridized carbons (Fsp3) is 0.625. The summed E-state index contributed by atoms with van der Waals surface area (Å²) in [5.74, 6) is 0.400. The lowest BCUT2D eigenvalue weighted by Crippen LogP contribution is -2.52. The van der Waals surface area contributed by atoms with Crippen molar-refractivity contribution in [1.29, 1.82) is 0 Å². The van der Waals surface area contributed by atoms with E-state index in [9.17, 15) is 18.0 Å². The Morgan fingerprint density at radius 3 is 2.47 bits per heavy atom. The van der Waals surface area contributed by atoms with Gasteiger partial charge in [-0.25, -0.2) is 4.79 Å². The molecule has 0 bridgehead atoms. The molecule has 9 nitrogen and oxygen atoms in total. The second-order valence-corrected chi connectivity index (χ2v) is 9.28. The fourth-order valence-electron chi connectivity index (χ4n) is 4.91. The van der Waals surface area contributed by atoms with E-state index < -0.39 is 6.36 Å². The SMILES string of the molecule is CNC1CCN(C(=O)N2CC(c3ccc(OC(F)(F)F)cc3)CC(c3nc(CCOC)no3)C2)CC1. The van der Waals surface area contributed by atoms with Gasteiger partial charge in [-0.2, -0.15) is 4.98 Å². The fourth-order valence-corrected chi connectivity index (χ4v) is 4.91. The van der Waals surface area contributed by atoms with Crippen LogP contribution in [0.25, 0.3) is 0 Å². The van der Waals surface area contributed by atoms with Crippen LogP contribution in [0.4, 0.5) is 18.0 Å².